The SMILES string of the molecule is CCOC(=O)C1COC2(CC(C)(C)NC(C)(C)C2)O1. The predicted molar refractivity (Wildman–Crippen MR) is 70.7 cm³/mol. The summed E-state index contributed by atoms with van der Waals surface area (Å²) in [5.74, 6) is -0.996. The van der Waals surface area contributed by atoms with Crippen molar-refractivity contribution in [2.24, 2.45) is 0 Å². The Bertz CT molecular complexity index is 348. The Balaban J connectivity index is 2.10. The number of rotatable bonds is 2. The van der Waals surface area contributed by atoms with Crippen LogP contribution in [-0.4, -0.2) is 42.2 Å². The van der Waals surface area contributed by atoms with Gasteiger partial charge in [0, 0.05) is 23.9 Å². The van der Waals surface area contributed by atoms with Crippen molar-refractivity contribution in [2.45, 2.75) is 70.4 Å². The van der Waals surface area contributed by atoms with E-state index in [1.165, 1.54) is 0 Å². The van der Waals surface area contributed by atoms with Crippen LogP contribution in [0.1, 0.15) is 47.5 Å². The van der Waals surface area contributed by atoms with E-state index in [-0.39, 0.29) is 23.7 Å². The Morgan fingerprint density at radius 1 is 1.26 bits per heavy atom. The van der Waals surface area contributed by atoms with Gasteiger partial charge in [-0.25, -0.2) is 4.79 Å². The van der Waals surface area contributed by atoms with Crippen molar-refractivity contribution in [3.05, 3.63) is 0 Å². The molecule has 2 heterocycles. The van der Waals surface area contributed by atoms with Crippen LogP contribution in [0.4, 0.5) is 0 Å². The van der Waals surface area contributed by atoms with E-state index in [1.807, 2.05) is 0 Å². The van der Waals surface area contributed by atoms with Gasteiger partial charge in [0.05, 0.1) is 13.2 Å². The molecule has 1 N–H and O–H groups in total. The second kappa shape index (κ2) is 4.72. The number of carbonyl (C=O) groups excluding carboxylic acids is 1. The first-order valence-corrected chi connectivity index (χ1v) is 6.95. The van der Waals surface area contributed by atoms with Crippen LogP contribution in [0.3, 0.4) is 0 Å². The maximum Gasteiger partial charge on any atom is 0.337 e. The fourth-order valence-corrected chi connectivity index (χ4v) is 3.51. The van der Waals surface area contributed by atoms with Crippen molar-refractivity contribution >= 4 is 5.97 Å². The minimum Gasteiger partial charge on any atom is -0.464 e. The lowest BCUT2D eigenvalue weighted by Gasteiger charge is -2.50. The fraction of sp³-hybridized carbons (Fsp3) is 0.929. The van der Waals surface area contributed by atoms with Gasteiger partial charge in [0.2, 0.25) is 0 Å². The highest BCUT2D eigenvalue weighted by molar-refractivity contribution is 5.75. The molecule has 0 aromatic heterocycles. The van der Waals surface area contributed by atoms with Gasteiger partial charge in [-0.05, 0) is 34.6 Å². The smallest absolute Gasteiger partial charge is 0.337 e. The van der Waals surface area contributed by atoms with E-state index in [1.54, 1.807) is 6.92 Å². The van der Waals surface area contributed by atoms with Gasteiger partial charge in [-0.3, -0.25) is 0 Å². The van der Waals surface area contributed by atoms with Crippen molar-refractivity contribution in [2.75, 3.05) is 13.2 Å². The number of hydrogen-bond donors (Lipinski definition) is 1. The second-order valence-corrected chi connectivity index (χ2v) is 6.83. The van der Waals surface area contributed by atoms with E-state index in [0.717, 1.165) is 12.8 Å². The first-order valence-electron chi connectivity index (χ1n) is 6.95. The molecule has 2 aliphatic rings. The summed E-state index contributed by atoms with van der Waals surface area (Å²) in [6, 6.07) is 0. The minimum atomic E-state index is -0.671. The Morgan fingerprint density at radius 2 is 1.84 bits per heavy atom. The van der Waals surface area contributed by atoms with E-state index in [9.17, 15) is 4.79 Å². The third-order valence-electron chi connectivity index (χ3n) is 3.50. The van der Waals surface area contributed by atoms with Gasteiger partial charge < -0.3 is 19.5 Å². The quantitative estimate of drug-likeness (QED) is 0.773. The zero-order chi connectivity index (χ0) is 14.3. The van der Waals surface area contributed by atoms with Crippen molar-refractivity contribution in [3.63, 3.8) is 0 Å². The molecule has 19 heavy (non-hydrogen) atoms. The molecule has 2 rings (SSSR count). The molecule has 1 atom stereocenters. The van der Waals surface area contributed by atoms with Gasteiger partial charge in [0.1, 0.15) is 0 Å². The summed E-state index contributed by atoms with van der Waals surface area (Å²) in [6.07, 6.45) is 0.850. The highest BCUT2D eigenvalue weighted by Crippen LogP contribution is 2.42. The maximum atomic E-state index is 11.8. The van der Waals surface area contributed by atoms with Crippen LogP contribution in [0, 0.1) is 0 Å². The second-order valence-electron chi connectivity index (χ2n) is 6.83. The summed E-state index contributed by atoms with van der Waals surface area (Å²) in [5, 5.41) is 3.58. The van der Waals surface area contributed by atoms with Crippen molar-refractivity contribution in [1.82, 2.24) is 5.32 Å². The van der Waals surface area contributed by atoms with Crippen LogP contribution < -0.4 is 5.32 Å². The Morgan fingerprint density at radius 3 is 2.37 bits per heavy atom. The van der Waals surface area contributed by atoms with E-state index in [0.29, 0.717) is 6.61 Å². The largest absolute Gasteiger partial charge is 0.464 e. The van der Waals surface area contributed by atoms with Crippen molar-refractivity contribution in [3.8, 4) is 0 Å². The molecule has 0 aromatic carbocycles. The van der Waals surface area contributed by atoms with Crippen LogP contribution >= 0.6 is 0 Å². The van der Waals surface area contributed by atoms with E-state index < -0.39 is 11.9 Å². The molecule has 5 nitrogen and oxygen atoms in total. The summed E-state index contributed by atoms with van der Waals surface area (Å²) in [5.41, 5.74) is -0.184. The molecule has 5 heteroatoms. The molecule has 0 radical (unpaired) electrons. The topological polar surface area (TPSA) is 56.8 Å². The summed E-state index contributed by atoms with van der Waals surface area (Å²) in [4.78, 5) is 11.8. The third kappa shape index (κ3) is 3.27. The normalized spacial score (nSPS) is 31.3. The summed E-state index contributed by atoms with van der Waals surface area (Å²) in [7, 11) is 0. The summed E-state index contributed by atoms with van der Waals surface area (Å²) < 4.78 is 16.8. The fourth-order valence-electron chi connectivity index (χ4n) is 3.51. The first kappa shape index (κ1) is 14.8. The summed E-state index contributed by atoms with van der Waals surface area (Å²) in [6.45, 7) is 10.9. The molecular weight excluding hydrogens is 246 g/mol. The highest BCUT2D eigenvalue weighted by atomic mass is 16.8. The first-order chi connectivity index (χ1) is 8.67. The maximum absolute atomic E-state index is 11.8. The Kier molecular flexibility index (Phi) is 3.66. The lowest BCUT2D eigenvalue weighted by molar-refractivity contribution is -0.218. The lowest BCUT2D eigenvalue weighted by atomic mass is 9.78. The van der Waals surface area contributed by atoms with Crippen LogP contribution in [0.2, 0.25) is 0 Å². The highest BCUT2D eigenvalue weighted by Gasteiger charge is 2.54. The third-order valence-corrected chi connectivity index (χ3v) is 3.50. The monoisotopic (exact) mass is 271 g/mol. The molecule has 2 saturated heterocycles. The van der Waals surface area contributed by atoms with Gasteiger partial charge in [-0.15, -0.1) is 0 Å². The molecule has 0 bridgehead atoms. The van der Waals surface area contributed by atoms with E-state index in [2.05, 4.69) is 33.0 Å². The number of hydrogen-bond acceptors (Lipinski definition) is 5. The number of carbonyl (C=O) groups is 1. The number of nitrogens with one attached hydrogen (secondary N) is 1. The molecular formula is C14H25NO4. The number of piperidine rings is 1. The standard InChI is InChI=1S/C14H25NO4/c1-6-17-11(16)10-7-18-14(19-10)8-12(2,3)15-13(4,5)9-14/h10,15H,6-9H2,1-5H3. The van der Waals surface area contributed by atoms with Gasteiger partial charge in [-0.1, -0.05) is 0 Å². The molecule has 0 aliphatic carbocycles. The number of ether oxygens (including phenoxy) is 3. The van der Waals surface area contributed by atoms with E-state index in [4.69, 9.17) is 14.2 Å². The van der Waals surface area contributed by atoms with Gasteiger partial charge in [0.15, 0.2) is 11.9 Å². The van der Waals surface area contributed by atoms with Gasteiger partial charge >= 0.3 is 5.97 Å². The predicted octanol–water partition coefficient (Wildman–Crippen LogP) is 1.60. The minimum absolute atomic E-state index is 0.0920. The van der Waals surface area contributed by atoms with Crippen LogP contribution in [0.15, 0.2) is 0 Å². The van der Waals surface area contributed by atoms with Crippen LogP contribution in [0.5, 0.6) is 0 Å². The molecule has 2 fully saturated rings. The molecule has 1 unspecified atom stereocenters. The molecule has 0 aromatic rings. The Labute approximate surface area is 115 Å². The van der Waals surface area contributed by atoms with Crippen LogP contribution in [0.25, 0.3) is 0 Å². The zero-order valence-corrected chi connectivity index (χ0v) is 12.5. The lowest BCUT2D eigenvalue weighted by Crippen LogP contribution is -2.64. The van der Waals surface area contributed by atoms with Gasteiger partial charge in [-0.2, -0.15) is 0 Å². The molecule has 2 aliphatic heterocycles. The molecule has 0 saturated carbocycles. The molecule has 110 valence electrons. The molecule has 0 amide bonds. The zero-order valence-electron chi connectivity index (χ0n) is 12.5. The average molecular weight is 271 g/mol. The van der Waals surface area contributed by atoms with Crippen molar-refractivity contribution in [1.29, 1.82) is 0 Å². The average Bonchev–Trinajstić information content (AvgIpc) is 2.56. The van der Waals surface area contributed by atoms with Crippen molar-refractivity contribution < 1.29 is 19.0 Å². The van der Waals surface area contributed by atoms with Crippen LogP contribution in [-0.2, 0) is 19.0 Å². The number of esters is 1. The van der Waals surface area contributed by atoms with E-state index >= 15 is 0 Å². The Hall–Kier alpha value is -0.650. The summed E-state index contributed by atoms with van der Waals surface area (Å²) >= 11 is 0. The van der Waals surface area contributed by atoms with Gasteiger partial charge in [0.25, 0.3) is 0 Å². The molecule has 1 spiro atoms.